The molecule has 0 radical (unpaired) electrons. The van der Waals surface area contributed by atoms with Crippen molar-refractivity contribution in [2.24, 2.45) is 11.3 Å². The summed E-state index contributed by atoms with van der Waals surface area (Å²) in [5.74, 6) is -0.404. The number of rotatable bonds is 4. The highest BCUT2D eigenvalue weighted by Gasteiger charge is 2.51. The highest BCUT2D eigenvalue weighted by molar-refractivity contribution is 8.24. The van der Waals surface area contributed by atoms with Crippen molar-refractivity contribution in [1.82, 2.24) is 0 Å². The van der Waals surface area contributed by atoms with Gasteiger partial charge in [-0.05, 0) is 65.5 Å². The number of carboxylic acid groups (broad SMARTS) is 1. The SMILES string of the molecule is CC(C)(C)C1=CCC2SC(C)(C3Cc4cc(OCC(=O)O)ccc4C3=O)SC2=C1. The molecule has 0 amide bonds. The Balaban J connectivity index is 1.54. The molecule has 0 spiro atoms. The van der Waals surface area contributed by atoms with Gasteiger partial charge in [0, 0.05) is 10.8 Å². The third-order valence-corrected chi connectivity index (χ3v) is 9.31. The summed E-state index contributed by atoms with van der Waals surface area (Å²) < 4.78 is 5.10. The minimum absolute atomic E-state index is 0.0909. The van der Waals surface area contributed by atoms with Crippen molar-refractivity contribution in [3.8, 4) is 5.75 Å². The molecule has 1 N–H and O–H groups in total. The van der Waals surface area contributed by atoms with Gasteiger partial charge >= 0.3 is 5.97 Å². The zero-order valence-electron chi connectivity index (χ0n) is 17.2. The van der Waals surface area contributed by atoms with Gasteiger partial charge in [0.05, 0.1) is 10.00 Å². The molecular weight excluding hydrogens is 404 g/mol. The van der Waals surface area contributed by atoms with Gasteiger partial charge in [-0.15, -0.1) is 23.5 Å². The molecular formula is C23H26O4S2. The van der Waals surface area contributed by atoms with Gasteiger partial charge in [-0.3, -0.25) is 4.79 Å². The zero-order chi connectivity index (χ0) is 21.0. The number of aliphatic carboxylic acids is 1. The first-order valence-electron chi connectivity index (χ1n) is 9.87. The average Bonchev–Trinajstić information content (AvgIpc) is 3.16. The molecule has 3 atom stereocenters. The molecule has 1 aromatic rings. The molecule has 4 rings (SSSR count). The van der Waals surface area contributed by atoms with E-state index in [4.69, 9.17) is 9.84 Å². The van der Waals surface area contributed by atoms with Crippen LogP contribution in [0.25, 0.3) is 0 Å². The second kappa shape index (κ2) is 7.24. The molecule has 2 aliphatic carbocycles. The Morgan fingerprint density at radius 2 is 2.10 bits per heavy atom. The van der Waals surface area contributed by atoms with Crippen LogP contribution in [0.1, 0.15) is 50.0 Å². The van der Waals surface area contributed by atoms with Crippen molar-refractivity contribution >= 4 is 35.3 Å². The quantitative estimate of drug-likeness (QED) is 0.697. The number of ether oxygens (including phenoxy) is 1. The van der Waals surface area contributed by atoms with Crippen molar-refractivity contribution < 1.29 is 19.4 Å². The van der Waals surface area contributed by atoms with Crippen LogP contribution in [-0.4, -0.2) is 32.8 Å². The van der Waals surface area contributed by atoms with E-state index < -0.39 is 5.97 Å². The number of benzene rings is 1. The van der Waals surface area contributed by atoms with E-state index >= 15 is 0 Å². The Morgan fingerprint density at radius 3 is 2.79 bits per heavy atom. The van der Waals surface area contributed by atoms with Crippen molar-refractivity contribution in [2.45, 2.75) is 49.9 Å². The molecule has 154 valence electrons. The van der Waals surface area contributed by atoms with Crippen LogP contribution >= 0.6 is 23.5 Å². The van der Waals surface area contributed by atoms with Crippen molar-refractivity contribution in [1.29, 1.82) is 0 Å². The number of carboxylic acids is 1. The molecule has 1 fully saturated rings. The van der Waals surface area contributed by atoms with Gasteiger partial charge in [-0.25, -0.2) is 4.79 Å². The number of fused-ring (bicyclic) bond motifs is 2. The van der Waals surface area contributed by atoms with Gasteiger partial charge in [0.1, 0.15) is 5.75 Å². The van der Waals surface area contributed by atoms with Crippen molar-refractivity contribution in [3.63, 3.8) is 0 Å². The molecule has 0 bridgehead atoms. The van der Waals surface area contributed by atoms with Gasteiger partial charge in [0.15, 0.2) is 12.4 Å². The highest BCUT2D eigenvalue weighted by atomic mass is 32.2. The summed E-state index contributed by atoms with van der Waals surface area (Å²) >= 11 is 3.78. The van der Waals surface area contributed by atoms with Crippen LogP contribution in [0.5, 0.6) is 5.75 Å². The highest BCUT2D eigenvalue weighted by Crippen LogP contribution is 2.62. The molecule has 6 heteroatoms. The average molecular weight is 431 g/mol. The van der Waals surface area contributed by atoms with Crippen molar-refractivity contribution in [3.05, 3.63) is 52.0 Å². The molecule has 1 saturated heterocycles. The number of hydrogen-bond acceptors (Lipinski definition) is 5. The summed E-state index contributed by atoms with van der Waals surface area (Å²) in [5, 5.41) is 9.24. The number of Topliss-reactive ketones (excluding diaryl/α,β-unsaturated/α-hetero) is 1. The lowest BCUT2D eigenvalue weighted by Crippen LogP contribution is -2.30. The lowest BCUT2D eigenvalue weighted by atomic mass is 9.83. The van der Waals surface area contributed by atoms with E-state index in [2.05, 4.69) is 39.8 Å². The summed E-state index contributed by atoms with van der Waals surface area (Å²) in [7, 11) is 0. The molecule has 0 saturated carbocycles. The minimum Gasteiger partial charge on any atom is -0.482 e. The molecule has 3 unspecified atom stereocenters. The van der Waals surface area contributed by atoms with E-state index in [1.807, 2.05) is 29.6 Å². The lowest BCUT2D eigenvalue weighted by molar-refractivity contribution is -0.139. The second-order valence-corrected chi connectivity index (χ2v) is 12.5. The first kappa shape index (κ1) is 20.6. The molecule has 1 heterocycles. The minimum atomic E-state index is -1.01. The van der Waals surface area contributed by atoms with Gasteiger partial charge in [-0.1, -0.05) is 26.8 Å². The third-order valence-electron chi connectivity index (χ3n) is 5.81. The maximum atomic E-state index is 13.2. The molecule has 1 aliphatic heterocycles. The van der Waals surface area contributed by atoms with Crippen LogP contribution in [0.4, 0.5) is 0 Å². The number of thioether (sulfide) groups is 2. The van der Waals surface area contributed by atoms with E-state index in [9.17, 15) is 9.59 Å². The van der Waals surface area contributed by atoms with E-state index in [-0.39, 0.29) is 27.8 Å². The summed E-state index contributed by atoms with van der Waals surface area (Å²) in [4.78, 5) is 25.3. The Bertz CT molecular complexity index is 941. The van der Waals surface area contributed by atoms with E-state index in [0.29, 0.717) is 17.4 Å². The van der Waals surface area contributed by atoms with E-state index in [0.717, 1.165) is 17.5 Å². The number of ketones is 1. The van der Waals surface area contributed by atoms with Crippen LogP contribution in [0.3, 0.4) is 0 Å². The van der Waals surface area contributed by atoms with E-state index in [1.54, 1.807) is 12.1 Å². The monoisotopic (exact) mass is 430 g/mol. The first-order valence-corrected chi connectivity index (χ1v) is 11.6. The van der Waals surface area contributed by atoms with Crippen molar-refractivity contribution in [2.75, 3.05) is 6.61 Å². The van der Waals surface area contributed by atoms with Crippen LogP contribution < -0.4 is 4.74 Å². The Kier molecular flexibility index (Phi) is 5.14. The molecule has 3 aliphatic rings. The number of carbonyl (C=O) groups is 2. The fraction of sp³-hybridized carbons (Fsp3) is 0.478. The first-order chi connectivity index (χ1) is 13.6. The van der Waals surface area contributed by atoms with Gasteiger partial charge in [-0.2, -0.15) is 0 Å². The van der Waals surface area contributed by atoms with Gasteiger partial charge < -0.3 is 9.84 Å². The smallest absolute Gasteiger partial charge is 0.341 e. The Morgan fingerprint density at radius 1 is 1.34 bits per heavy atom. The number of carbonyl (C=O) groups excluding carboxylic acids is 1. The molecule has 0 aromatic heterocycles. The Labute approximate surface area is 180 Å². The maximum Gasteiger partial charge on any atom is 0.341 e. The van der Waals surface area contributed by atoms with Crippen LogP contribution in [0, 0.1) is 11.3 Å². The van der Waals surface area contributed by atoms with E-state index in [1.165, 1.54) is 10.5 Å². The van der Waals surface area contributed by atoms with Crippen LogP contribution in [0.15, 0.2) is 40.8 Å². The maximum absolute atomic E-state index is 13.2. The fourth-order valence-electron chi connectivity index (χ4n) is 4.21. The van der Waals surface area contributed by atoms with Gasteiger partial charge in [0.25, 0.3) is 0 Å². The fourth-order valence-corrected chi connectivity index (χ4v) is 7.84. The number of hydrogen-bond donors (Lipinski definition) is 1. The topological polar surface area (TPSA) is 63.6 Å². The van der Waals surface area contributed by atoms with Crippen LogP contribution in [-0.2, 0) is 11.2 Å². The normalized spacial score (nSPS) is 28.5. The predicted octanol–water partition coefficient (Wildman–Crippen LogP) is 5.33. The predicted molar refractivity (Wildman–Crippen MR) is 119 cm³/mol. The standard InChI is InChI=1S/C23H26O4S2/c1-22(2,3)14-5-8-18-19(11-14)29-23(4,28-18)17-10-13-9-15(27-12-20(24)25)6-7-16(13)21(17)26/h5-7,9,11,17-18H,8,10,12H2,1-4H3,(H,24,25). The largest absolute Gasteiger partial charge is 0.482 e. The third kappa shape index (κ3) is 3.89. The summed E-state index contributed by atoms with van der Waals surface area (Å²) in [6, 6.07) is 5.31. The zero-order valence-corrected chi connectivity index (χ0v) is 18.8. The molecule has 1 aromatic carbocycles. The molecule has 4 nitrogen and oxygen atoms in total. The summed E-state index contributed by atoms with van der Waals surface area (Å²) in [6.45, 7) is 8.54. The Hall–Kier alpha value is -1.66. The van der Waals surface area contributed by atoms with Crippen LogP contribution in [0.2, 0.25) is 0 Å². The van der Waals surface area contributed by atoms with Gasteiger partial charge in [0.2, 0.25) is 0 Å². The summed E-state index contributed by atoms with van der Waals surface area (Å²) in [6.07, 6.45) is 6.38. The number of allylic oxidation sites excluding steroid dienone is 3. The molecule has 29 heavy (non-hydrogen) atoms. The summed E-state index contributed by atoms with van der Waals surface area (Å²) in [5.41, 5.74) is 3.22. The lowest BCUT2D eigenvalue weighted by Gasteiger charge is -2.28. The second-order valence-electron chi connectivity index (χ2n) is 9.04.